The second-order valence-corrected chi connectivity index (χ2v) is 36.3. The van der Waals surface area contributed by atoms with E-state index in [0.717, 1.165) is 59.2 Å². The quantitative estimate of drug-likeness (QED) is 0.0800. The minimum Gasteiger partial charge on any atom is -0.323 e. The van der Waals surface area contributed by atoms with Crippen LogP contribution in [0.1, 0.15) is 323 Å². The van der Waals surface area contributed by atoms with E-state index in [1.807, 2.05) is 0 Å². The van der Waals surface area contributed by atoms with Crippen molar-refractivity contribution >= 4 is 14.3 Å². The van der Waals surface area contributed by atoms with E-state index >= 15 is 9.13 Å². The Morgan fingerprint density at radius 3 is 0.915 bits per heavy atom. The maximum absolute atomic E-state index is 15.9. The third kappa shape index (κ3) is 12.5. The van der Waals surface area contributed by atoms with E-state index in [9.17, 15) is 0 Å². The number of rotatable bonds is 22. The zero-order valence-corrected chi connectivity index (χ0v) is 49.8. The fraction of sp³-hybridized carbons (Fsp3) is 1.00. The molecule has 0 aromatic rings. The fourth-order valence-electron chi connectivity index (χ4n) is 21.7. The van der Waals surface area contributed by atoms with Gasteiger partial charge in [-0.05, 0) is 206 Å². The van der Waals surface area contributed by atoms with Crippen molar-refractivity contribution in [2.75, 3.05) is 0 Å². The van der Waals surface area contributed by atoms with Gasteiger partial charge in [-0.2, -0.15) is 0 Å². The molecule has 0 amide bonds. The number of unbranched alkanes of at least 4 members (excludes halogenated alkanes) is 10. The lowest BCUT2D eigenvalue weighted by atomic mass is 9.56. The zero-order valence-electron chi connectivity index (χ0n) is 48.0. The van der Waals surface area contributed by atoms with Gasteiger partial charge in [0.25, 0.3) is 0 Å². The van der Waals surface area contributed by atoms with Gasteiger partial charge < -0.3 is 9.13 Å². The lowest BCUT2D eigenvalue weighted by Gasteiger charge is -2.50. The molecular formula is C67H120O2P2. The third-order valence-electron chi connectivity index (χ3n) is 25.3. The summed E-state index contributed by atoms with van der Waals surface area (Å²) in [7, 11) is -4.39. The molecule has 8 unspecified atom stereocenters. The molecule has 9 aliphatic rings. The van der Waals surface area contributed by atoms with Crippen molar-refractivity contribution < 1.29 is 9.13 Å². The van der Waals surface area contributed by atoms with E-state index in [1.54, 1.807) is 38.5 Å². The van der Waals surface area contributed by atoms with Crippen LogP contribution in [0.4, 0.5) is 0 Å². The largest absolute Gasteiger partial charge is 0.323 e. The van der Waals surface area contributed by atoms with E-state index in [1.165, 1.54) is 257 Å². The molecule has 9 rings (SSSR count). The third-order valence-corrected chi connectivity index (χ3v) is 35.2. The molecule has 9 fully saturated rings. The van der Waals surface area contributed by atoms with Gasteiger partial charge in [-0.1, -0.05) is 182 Å². The van der Waals surface area contributed by atoms with Crippen molar-refractivity contribution in [1.82, 2.24) is 0 Å². The maximum Gasteiger partial charge on any atom is 0.0964 e. The highest BCUT2D eigenvalue weighted by Crippen LogP contribution is 2.73. The summed E-state index contributed by atoms with van der Waals surface area (Å²) in [5, 5.41) is 0. The summed E-state index contributed by atoms with van der Waals surface area (Å²) in [5.74, 6) is 9.14. The number of hydrogen-bond acceptors (Lipinski definition) is 2. The van der Waals surface area contributed by atoms with Crippen molar-refractivity contribution in [3.63, 3.8) is 0 Å². The normalized spacial score (nSPS) is 37.4. The van der Waals surface area contributed by atoms with Gasteiger partial charge in [0.1, 0.15) is 0 Å². The number of fused-ring (bicyclic) bond motifs is 3. The molecule has 0 spiro atoms. The minimum absolute atomic E-state index is 0.560. The Balaban J connectivity index is 0.940. The van der Waals surface area contributed by atoms with Crippen molar-refractivity contribution in [2.45, 2.75) is 357 Å². The molecule has 0 radical (unpaired) electrons. The highest BCUT2D eigenvalue weighted by Gasteiger charge is 2.63. The monoisotopic (exact) mass is 1020 g/mol. The number of hydrogen-bond donors (Lipinski definition) is 0. The molecule has 4 heteroatoms. The Morgan fingerprint density at radius 2 is 0.606 bits per heavy atom. The topological polar surface area (TPSA) is 34.1 Å². The molecule has 0 saturated heterocycles. The van der Waals surface area contributed by atoms with Crippen LogP contribution in [0.3, 0.4) is 0 Å². The van der Waals surface area contributed by atoms with Crippen LogP contribution in [0.15, 0.2) is 0 Å². The van der Waals surface area contributed by atoms with Crippen LogP contribution in [0.25, 0.3) is 0 Å². The van der Waals surface area contributed by atoms with Crippen LogP contribution in [-0.2, 0) is 9.13 Å². The lowest BCUT2D eigenvalue weighted by Crippen LogP contribution is -2.42. The fourth-order valence-corrected chi connectivity index (χ4v) is 32.2. The van der Waals surface area contributed by atoms with Crippen molar-refractivity contribution in [1.29, 1.82) is 0 Å². The molecular weight excluding hydrogens is 899 g/mol. The highest BCUT2D eigenvalue weighted by molar-refractivity contribution is 7.66. The Hall–Kier alpha value is 0.460. The van der Waals surface area contributed by atoms with E-state index in [-0.39, 0.29) is 0 Å². The van der Waals surface area contributed by atoms with Gasteiger partial charge in [0.05, 0.1) is 14.3 Å². The average Bonchev–Trinajstić information content (AvgIpc) is 3.67. The van der Waals surface area contributed by atoms with Crippen molar-refractivity contribution in [3.05, 3.63) is 0 Å². The van der Waals surface area contributed by atoms with Gasteiger partial charge in [0.2, 0.25) is 0 Å². The molecule has 0 N–H and O–H groups in total. The standard InChI is InChI=1S/C67H120O2P2/c1-5-7-9-11-13-27-45-67(46-28-14-12-10-8-6-2)65-47-51(3)61(53-37-41-59(42-38-53)70(68,55-29-19-15-20-30-55)56-31-21-16-22-32-56)49-63(65)64-50-62(52(4)48-66(64)67)54-39-43-60(44-40-54)71(69,57-33-23-17-24-34-57)58-35-25-18-26-36-58/h51-66H,5-50H2,1-4H3. The Bertz CT molecular complexity index is 1470. The molecule has 0 aromatic heterocycles. The summed E-state index contributed by atoms with van der Waals surface area (Å²) in [6.07, 6.45) is 64.3. The summed E-state index contributed by atoms with van der Waals surface area (Å²) in [5.41, 5.74) is 4.01. The van der Waals surface area contributed by atoms with Crippen LogP contribution >= 0.6 is 14.3 Å². The zero-order chi connectivity index (χ0) is 49.3. The Morgan fingerprint density at radius 1 is 0.324 bits per heavy atom. The molecule has 0 bridgehead atoms. The predicted molar refractivity (Wildman–Crippen MR) is 310 cm³/mol. The van der Waals surface area contributed by atoms with Crippen LogP contribution in [0.2, 0.25) is 0 Å². The molecule has 410 valence electrons. The van der Waals surface area contributed by atoms with Gasteiger partial charge in [-0.25, -0.2) is 0 Å². The Labute approximate surface area is 442 Å². The summed E-state index contributed by atoms with van der Waals surface area (Å²) in [4.78, 5) is 0. The van der Waals surface area contributed by atoms with E-state index < -0.39 is 14.3 Å². The second kappa shape index (κ2) is 26.9. The van der Waals surface area contributed by atoms with Crippen molar-refractivity contribution in [3.8, 4) is 0 Å². The molecule has 71 heavy (non-hydrogen) atoms. The van der Waals surface area contributed by atoms with Crippen LogP contribution < -0.4 is 0 Å². The summed E-state index contributed by atoms with van der Waals surface area (Å²) >= 11 is 0. The molecule has 8 atom stereocenters. The molecule has 9 saturated carbocycles. The first-order valence-corrected chi connectivity index (χ1v) is 37.7. The molecule has 0 aliphatic heterocycles. The van der Waals surface area contributed by atoms with E-state index in [0.29, 0.717) is 39.4 Å². The molecule has 0 heterocycles. The minimum atomic E-state index is -2.19. The lowest BCUT2D eigenvalue weighted by molar-refractivity contribution is 0.000235. The smallest absolute Gasteiger partial charge is 0.0964 e. The van der Waals surface area contributed by atoms with E-state index in [2.05, 4.69) is 27.7 Å². The first kappa shape index (κ1) is 56.2. The van der Waals surface area contributed by atoms with Gasteiger partial charge in [0.15, 0.2) is 0 Å². The van der Waals surface area contributed by atoms with Crippen molar-refractivity contribution in [2.24, 2.45) is 64.6 Å². The molecule has 9 aliphatic carbocycles. The van der Waals surface area contributed by atoms with Gasteiger partial charge in [-0.3, -0.25) is 0 Å². The summed E-state index contributed by atoms with van der Waals surface area (Å²) in [6, 6.07) is 0. The first-order valence-electron chi connectivity index (χ1n) is 33.9. The highest BCUT2D eigenvalue weighted by atomic mass is 31.2. The second-order valence-electron chi connectivity index (χ2n) is 28.9. The summed E-state index contributed by atoms with van der Waals surface area (Å²) in [6.45, 7) is 10.4. The average molecular weight is 1020 g/mol. The van der Waals surface area contributed by atoms with Gasteiger partial charge >= 0.3 is 0 Å². The summed E-state index contributed by atoms with van der Waals surface area (Å²) < 4.78 is 31.8. The SMILES string of the molecule is CCCCCCCCC1(CCCCCCCC)C2CC(C)C(C3CCC(P(=O)(C4CCCCC4)C4CCCCC4)CC3)CC2C2CC(C3CCC(P(=O)(C4CCCCC4)C4CCCCC4)CC3)C(C)CC21. The molecule has 2 nitrogen and oxygen atoms in total. The predicted octanol–water partition coefficient (Wildman–Crippen LogP) is 22.2. The van der Waals surface area contributed by atoms with Gasteiger partial charge in [-0.15, -0.1) is 0 Å². The van der Waals surface area contributed by atoms with Crippen LogP contribution in [-0.4, -0.2) is 34.0 Å². The maximum atomic E-state index is 15.9. The first-order chi connectivity index (χ1) is 34.7. The Kier molecular flexibility index (Phi) is 21.3. The van der Waals surface area contributed by atoms with E-state index in [4.69, 9.17) is 0 Å². The van der Waals surface area contributed by atoms with Crippen LogP contribution in [0, 0.1) is 64.6 Å². The van der Waals surface area contributed by atoms with Crippen LogP contribution in [0.5, 0.6) is 0 Å². The molecule has 0 aromatic carbocycles. The van der Waals surface area contributed by atoms with Gasteiger partial charge in [0, 0.05) is 34.0 Å².